The third kappa shape index (κ3) is 11.2. The third-order valence-electron chi connectivity index (χ3n) is 20.9. The topological polar surface area (TPSA) is 427 Å². The van der Waals surface area contributed by atoms with E-state index in [0.29, 0.717) is 32.1 Å². The fraction of sp³-hybridized carbons (Fsp3) is 0.963. The molecule has 17 N–H and O–H groups in total. The molecule has 0 radical (unpaired) electrons. The summed E-state index contributed by atoms with van der Waals surface area (Å²) in [5.74, 6) is -1.28. The van der Waals surface area contributed by atoms with E-state index < -0.39 is 212 Å². The zero-order valence-corrected chi connectivity index (χ0v) is 46.8. The van der Waals surface area contributed by atoms with Gasteiger partial charge < -0.3 is 120 Å². The van der Waals surface area contributed by atoms with E-state index in [1.807, 2.05) is 20.8 Å². The molecule has 0 spiro atoms. The van der Waals surface area contributed by atoms with Crippen LogP contribution in [0.2, 0.25) is 0 Å². The van der Waals surface area contributed by atoms with Gasteiger partial charge in [0.25, 0.3) is 0 Å². The van der Waals surface area contributed by atoms with Gasteiger partial charge in [-0.3, -0.25) is 5.26 Å². The lowest BCUT2D eigenvalue weighted by molar-refractivity contribution is -0.383. The molecule has 0 aromatic rings. The molecule has 80 heavy (non-hydrogen) atoms. The standard InChI is InChI=1S/C54H92O26/c1-49(2,80-71)12-9-13-54(8,79-47-42(70)38(66)35(63)28(76-47)21-72-45-40(68)36(64)32(60)25(18-55)73-45)22-10-14-53(7)31(22)23(58)16-30-51(5)17-24(59)44(50(3,4)29(51)11-15-52(30,53)6)78-48-43(39(67)34(62)27(20-57)75-48)77-46-41(69)37(65)33(61)26(19-56)74-46/h9,12,22-48,55-71H,10-11,13-21H2,1-8H3/b12-9+/t22-,23+,24+,25+,26+,27+,28+,29-,30+,31-,32+,33+,34+,35+,36-,37-,38-,39-,40+,41+,42+,43+,44-,45+,46-,47-,48-,51-,52+,53+,54-/m0/s1. The maximum absolute atomic E-state index is 12.9. The van der Waals surface area contributed by atoms with Crippen molar-refractivity contribution < 1.29 is 130 Å². The van der Waals surface area contributed by atoms with E-state index in [9.17, 15) is 87.0 Å². The summed E-state index contributed by atoms with van der Waals surface area (Å²) in [6.07, 6.45) is -30.2. The summed E-state index contributed by atoms with van der Waals surface area (Å²) in [5, 5.41) is 184. The minimum absolute atomic E-state index is 0.108. The first kappa shape index (κ1) is 64.7. The Hall–Kier alpha value is -1.30. The van der Waals surface area contributed by atoms with E-state index in [-0.39, 0.29) is 24.7 Å². The lowest BCUT2D eigenvalue weighted by Gasteiger charge is -2.71. The molecule has 4 aliphatic heterocycles. The van der Waals surface area contributed by atoms with E-state index in [4.69, 9.17) is 42.8 Å². The molecule has 26 heteroatoms. The number of hydrogen-bond acceptors (Lipinski definition) is 26. The molecule has 0 unspecified atom stereocenters. The molecule has 8 fully saturated rings. The molecule has 0 amide bonds. The van der Waals surface area contributed by atoms with Crippen LogP contribution in [0.5, 0.6) is 0 Å². The zero-order chi connectivity index (χ0) is 59.1. The van der Waals surface area contributed by atoms with Gasteiger partial charge in [0.1, 0.15) is 103 Å². The highest BCUT2D eigenvalue weighted by molar-refractivity contribution is 5.22. The van der Waals surface area contributed by atoms with E-state index in [1.54, 1.807) is 26.0 Å². The van der Waals surface area contributed by atoms with Crippen LogP contribution in [0.1, 0.15) is 100 Å². The molecular formula is C54H92O26. The molecule has 4 saturated heterocycles. The summed E-state index contributed by atoms with van der Waals surface area (Å²) in [5.41, 5.74) is -5.06. The van der Waals surface area contributed by atoms with Crippen molar-refractivity contribution in [2.45, 2.75) is 253 Å². The maximum atomic E-state index is 12.9. The summed E-state index contributed by atoms with van der Waals surface area (Å²) < 4.78 is 48.4. The number of ether oxygens (including phenoxy) is 8. The van der Waals surface area contributed by atoms with Crippen molar-refractivity contribution in [2.24, 2.45) is 45.3 Å². The van der Waals surface area contributed by atoms with Crippen molar-refractivity contribution in [3.8, 4) is 0 Å². The molecule has 8 aliphatic rings. The van der Waals surface area contributed by atoms with Gasteiger partial charge in [0.2, 0.25) is 0 Å². The van der Waals surface area contributed by atoms with Crippen molar-refractivity contribution in [2.75, 3.05) is 26.4 Å². The highest BCUT2D eigenvalue weighted by Crippen LogP contribution is 2.76. The van der Waals surface area contributed by atoms with E-state index in [2.05, 4.69) is 20.8 Å². The van der Waals surface area contributed by atoms with Crippen molar-refractivity contribution in [1.82, 2.24) is 0 Å². The van der Waals surface area contributed by atoms with Crippen LogP contribution in [0.4, 0.5) is 0 Å². The molecule has 4 aliphatic carbocycles. The van der Waals surface area contributed by atoms with Gasteiger partial charge in [0.15, 0.2) is 25.2 Å². The van der Waals surface area contributed by atoms with E-state index in [1.165, 1.54) is 0 Å². The Balaban J connectivity index is 1.04. The maximum Gasteiger partial charge on any atom is 0.187 e. The molecule has 26 nitrogen and oxygen atoms in total. The lowest BCUT2D eigenvalue weighted by atomic mass is 9.35. The van der Waals surface area contributed by atoms with E-state index >= 15 is 0 Å². The fourth-order valence-electron chi connectivity index (χ4n) is 16.3. The number of rotatable bonds is 17. The Morgan fingerprint density at radius 1 is 0.537 bits per heavy atom. The van der Waals surface area contributed by atoms with Gasteiger partial charge >= 0.3 is 0 Å². The first-order valence-corrected chi connectivity index (χ1v) is 28.2. The fourth-order valence-corrected chi connectivity index (χ4v) is 16.3. The first-order valence-electron chi connectivity index (χ1n) is 28.2. The van der Waals surface area contributed by atoms with Gasteiger partial charge in [0.05, 0.1) is 50.3 Å². The molecule has 464 valence electrons. The van der Waals surface area contributed by atoms with Crippen LogP contribution >= 0.6 is 0 Å². The minimum Gasteiger partial charge on any atom is -0.394 e. The Kier molecular flexibility index (Phi) is 19.5. The van der Waals surface area contributed by atoms with Crippen LogP contribution in [0.15, 0.2) is 12.2 Å². The molecule has 0 aromatic heterocycles. The lowest BCUT2D eigenvalue weighted by Crippen LogP contribution is -2.70. The quantitative estimate of drug-likeness (QED) is 0.0288. The summed E-state index contributed by atoms with van der Waals surface area (Å²) in [4.78, 5) is 4.69. The Morgan fingerprint density at radius 3 is 1.61 bits per heavy atom. The van der Waals surface area contributed by atoms with Gasteiger partial charge in [-0.2, -0.15) is 0 Å². The number of hydrogen-bond donors (Lipinski definition) is 17. The Morgan fingerprint density at radius 2 is 1.04 bits per heavy atom. The third-order valence-corrected chi connectivity index (χ3v) is 20.9. The van der Waals surface area contributed by atoms with Gasteiger partial charge in [-0.15, -0.1) is 0 Å². The van der Waals surface area contributed by atoms with Gasteiger partial charge in [0, 0.05) is 0 Å². The molecule has 0 bridgehead atoms. The Bertz CT molecular complexity index is 2090. The van der Waals surface area contributed by atoms with Gasteiger partial charge in [-0.25, -0.2) is 4.89 Å². The molecule has 4 saturated carbocycles. The largest absolute Gasteiger partial charge is 0.394 e. The monoisotopic (exact) mass is 1160 g/mol. The number of aliphatic hydroxyl groups excluding tert-OH is 16. The van der Waals surface area contributed by atoms with Crippen LogP contribution in [0.25, 0.3) is 0 Å². The van der Waals surface area contributed by atoms with Gasteiger partial charge in [-0.1, -0.05) is 46.8 Å². The van der Waals surface area contributed by atoms with Crippen molar-refractivity contribution in [3.63, 3.8) is 0 Å². The second kappa shape index (κ2) is 24.1. The van der Waals surface area contributed by atoms with Crippen LogP contribution in [-0.4, -0.2) is 266 Å². The summed E-state index contributed by atoms with van der Waals surface area (Å²) in [6.45, 7) is 12.7. The van der Waals surface area contributed by atoms with Crippen LogP contribution in [0.3, 0.4) is 0 Å². The molecular weight excluding hydrogens is 1060 g/mol. The number of aliphatic hydroxyl groups is 16. The Labute approximate surface area is 465 Å². The number of fused-ring (bicyclic) bond motifs is 5. The van der Waals surface area contributed by atoms with Crippen molar-refractivity contribution in [3.05, 3.63) is 12.2 Å². The normalized spacial score (nSPS) is 52.5. The average Bonchev–Trinajstić information content (AvgIpc) is 3.86. The average molecular weight is 1160 g/mol. The van der Waals surface area contributed by atoms with E-state index in [0.717, 1.165) is 0 Å². The molecule has 4 heterocycles. The minimum atomic E-state index is -1.89. The summed E-state index contributed by atoms with van der Waals surface area (Å²) in [6, 6.07) is 0. The highest BCUT2D eigenvalue weighted by Gasteiger charge is 2.73. The zero-order valence-electron chi connectivity index (χ0n) is 46.8. The molecule has 0 aromatic carbocycles. The molecule has 31 atom stereocenters. The summed E-state index contributed by atoms with van der Waals surface area (Å²) >= 11 is 0. The van der Waals surface area contributed by atoms with Gasteiger partial charge in [-0.05, 0) is 111 Å². The second-order valence-electron chi connectivity index (χ2n) is 26.4. The summed E-state index contributed by atoms with van der Waals surface area (Å²) in [7, 11) is 0. The van der Waals surface area contributed by atoms with Crippen LogP contribution in [0, 0.1) is 45.3 Å². The molecule has 8 rings (SSSR count). The SMILES string of the molecule is CC(C)(/C=C/C[C@](C)(O[C@@H]1O[C@H](CO[C@@H]2O[C@H](CO)[C@@H](O)[C@H](O)[C@H]2O)[C@@H](O)[C@H](O)[C@H]1O)[C@H]1CC[C@]2(C)[C@@H]1[C@H](O)C[C@@H]1[C@@]3(C)C[C@@H](O)[C@H](O[C@@H]4O[C@H](CO)[C@@H](O)[C@H](O)[C@H]4O[C@@H]4O[C@H](CO)[C@@H](O)[C@H](O)[C@H]4O)C(C)(C)[C@@H]3CC[C@]12C)OO. The first-order chi connectivity index (χ1) is 37.3. The smallest absolute Gasteiger partial charge is 0.187 e. The predicted molar refractivity (Wildman–Crippen MR) is 270 cm³/mol. The van der Waals surface area contributed by atoms with Crippen molar-refractivity contribution >= 4 is 0 Å². The predicted octanol–water partition coefficient (Wildman–Crippen LogP) is -3.76. The van der Waals surface area contributed by atoms with Crippen LogP contribution < -0.4 is 0 Å². The highest BCUT2D eigenvalue weighted by atomic mass is 17.1. The van der Waals surface area contributed by atoms with Crippen molar-refractivity contribution in [1.29, 1.82) is 0 Å². The van der Waals surface area contributed by atoms with Crippen LogP contribution in [-0.2, 0) is 42.8 Å². The second-order valence-corrected chi connectivity index (χ2v) is 26.4.